The Hall–Kier alpha value is -3.33. The highest BCUT2D eigenvalue weighted by atomic mass is 19.1. The number of carbonyl (C=O) groups is 2. The maximum absolute atomic E-state index is 13.4. The zero-order chi connectivity index (χ0) is 18.8. The van der Waals surface area contributed by atoms with Crippen molar-refractivity contribution in [2.24, 2.45) is 0 Å². The van der Waals surface area contributed by atoms with Gasteiger partial charge in [0.1, 0.15) is 12.4 Å². The average Bonchev–Trinajstić information content (AvgIpc) is 2.64. The molecule has 0 saturated heterocycles. The SMILES string of the molecule is CCOC(=O)c1ccc(F)cc1C#CCNC(=O)OCc1ccccc1. The molecule has 0 spiro atoms. The molecule has 0 atom stereocenters. The lowest BCUT2D eigenvalue weighted by atomic mass is 10.1. The lowest BCUT2D eigenvalue weighted by Crippen LogP contribution is -2.24. The number of ether oxygens (including phenoxy) is 2. The maximum atomic E-state index is 13.4. The van der Waals surface area contributed by atoms with Gasteiger partial charge >= 0.3 is 12.1 Å². The van der Waals surface area contributed by atoms with Crippen molar-refractivity contribution in [1.82, 2.24) is 5.32 Å². The van der Waals surface area contributed by atoms with E-state index in [1.54, 1.807) is 6.92 Å². The number of nitrogens with one attached hydrogen (secondary N) is 1. The Bertz CT molecular complexity index is 825. The van der Waals surface area contributed by atoms with Crippen LogP contribution in [0, 0.1) is 17.7 Å². The van der Waals surface area contributed by atoms with Gasteiger partial charge in [0, 0.05) is 5.56 Å². The van der Waals surface area contributed by atoms with Crippen LogP contribution >= 0.6 is 0 Å². The highest BCUT2D eigenvalue weighted by molar-refractivity contribution is 5.92. The highest BCUT2D eigenvalue weighted by Gasteiger charge is 2.11. The molecule has 1 N–H and O–H groups in total. The van der Waals surface area contributed by atoms with E-state index in [-0.39, 0.29) is 30.9 Å². The monoisotopic (exact) mass is 355 g/mol. The van der Waals surface area contributed by atoms with Crippen LogP contribution in [-0.2, 0) is 16.1 Å². The molecule has 0 heterocycles. The number of carbonyl (C=O) groups excluding carboxylic acids is 2. The summed E-state index contributed by atoms with van der Waals surface area (Å²) in [5, 5.41) is 2.47. The molecule has 0 aliphatic carbocycles. The van der Waals surface area contributed by atoms with Gasteiger partial charge in [0.25, 0.3) is 0 Å². The fourth-order valence-corrected chi connectivity index (χ4v) is 2.04. The number of halogens is 1. The van der Waals surface area contributed by atoms with Crippen molar-refractivity contribution in [2.75, 3.05) is 13.2 Å². The summed E-state index contributed by atoms with van der Waals surface area (Å²) < 4.78 is 23.3. The second-order valence-electron chi connectivity index (χ2n) is 5.13. The molecule has 2 aromatic carbocycles. The molecule has 1 amide bonds. The minimum Gasteiger partial charge on any atom is -0.462 e. The Morgan fingerprint density at radius 2 is 1.88 bits per heavy atom. The van der Waals surface area contributed by atoms with Crippen molar-refractivity contribution < 1.29 is 23.5 Å². The van der Waals surface area contributed by atoms with Crippen LogP contribution < -0.4 is 5.32 Å². The number of benzene rings is 2. The summed E-state index contributed by atoms with van der Waals surface area (Å²) >= 11 is 0. The zero-order valence-electron chi connectivity index (χ0n) is 14.3. The predicted octanol–water partition coefficient (Wildman–Crippen LogP) is 3.28. The Balaban J connectivity index is 1.90. The lowest BCUT2D eigenvalue weighted by Gasteiger charge is -2.05. The fraction of sp³-hybridized carbons (Fsp3) is 0.200. The van der Waals surface area contributed by atoms with E-state index in [4.69, 9.17) is 9.47 Å². The van der Waals surface area contributed by atoms with Crippen LogP contribution in [0.2, 0.25) is 0 Å². The van der Waals surface area contributed by atoms with E-state index < -0.39 is 17.9 Å². The second-order valence-corrected chi connectivity index (χ2v) is 5.13. The summed E-state index contributed by atoms with van der Waals surface area (Å²) in [6.45, 7) is 2.03. The van der Waals surface area contributed by atoms with Crippen LogP contribution in [0.25, 0.3) is 0 Å². The molecule has 0 aromatic heterocycles. The first-order valence-corrected chi connectivity index (χ1v) is 8.00. The van der Waals surface area contributed by atoms with Crippen LogP contribution in [0.5, 0.6) is 0 Å². The van der Waals surface area contributed by atoms with Crippen LogP contribution in [0.3, 0.4) is 0 Å². The Morgan fingerprint density at radius 3 is 2.62 bits per heavy atom. The van der Waals surface area contributed by atoms with Gasteiger partial charge in [-0.1, -0.05) is 42.2 Å². The van der Waals surface area contributed by atoms with Gasteiger partial charge in [-0.05, 0) is 30.7 Å². The van der Waals surface area contributed by atoms with E-state index in [1.807, 2.05) is 30.3 Å². The summed E-state index contributed by atoms with van der Waals surface area (Å²) in [7, 11) is 0. The maximum Gasteiger partial charge on any atom is 0.408 e. The van der Waals surface area contributed by atoms with Gasteiger partial charge in [-0.15, -0.1) is 0 Å². The average molecular weight is 355 g/mol. The molecule has 2 aromatic rings. The van der Waals surface area contributed by atoms with Crippen molar-refractivity contribution in [1.29, 1.82) is 0 Å². The molecule has 0 aliphatic rings. The molecule has 134 valence electrons. The zero-order valence-corrected chi connectivity index (χ0v) is 14.3. The Morgan fingerprint density at radius 1 is 1.12 bits per heavy atom. The van der Waals surface area contributed by atoms with Crippen LogP contribution in [0.1, 0.15) is 28.4 Å². The molecule has 0 unspecified atom stereocenters. The third-order valence-corrected chi connectivity index (χ3v) is 3.23. The van der Waals surface area contributed by atoms with Crippen LogP contribution in [0.4, 0.5) is 9.18 Å². The Labute approximate surface area is 151 Å². The van der Waals surface area contributed by atoms with Gasteiger partial charge in [0.15, 0.2) is 0 Å². The lowest BCUT2D eigenvalue weighted by molar-refractivity contribution is 0.0526. The first kappa shape index (κ1) is 19.0. The van der Waals surface area contributed by atoms with Crippen LogP contribution in [0.15, 0.2) is 48.5 Å². The van der Waals surface area contributed by atoms with Crippen LogP contribution in [-0.4, -0.2) is 25.2 Å². The van der Waals surface area contributed by atoms with Crippen molar-refractivity contribution >= 4 is 12.1 Å². The molecule has 0 fully saturated rings. The molecular weight excluding hydrogens is 337 g/mol. The number of rotatable bonds is 5. The third-order valence-electron chi connectivity index (χ3n) is 3.23. The first-order valence-electron chi connectivity index (χ1n) is 8.00. The number of hydrogen-bond donors (Lipinski definition) is 1. The van der Waals surface area contributed by atoms with Crippen molar-refractivity contribution in [2.45, 2.75) is 13.5 Å². The molecule has 26 heavy (non-hydrogen) atoms. The van der Waals surface area contributed by atoms with E-state index in [2.05, 4.69) is 17.2 Å². The summed E-state index contributed by atoms with van der Waals surface area (Å²) in [4.78, 5) is 23.4. The van der Waals surface area contributed by atoms with Gasteiger partial charge in [-0.2, -0.15) is 0 Å². The molecular formula is C20H18FNO4. The minimum absolute atomic E-state index is 0.00754. The van der Waals surface area contributed by atoms with E-state index in [0.29, 0.717) is 0 Å². The van der Waals surface area contributed by atoms with Gasteiger partial charge in [-0.3, -0.25) is 0 Å². The molecule has 0 bridgehead atoms. The standard InChI is InChI=1S/C20H18FNO4/c1-2-25-19(23)18-11-10-17(21)13-16(18)9-6-12-22-20(24)26-14-15-7-4-3-5-8-15/h3-5,7-8,10-11,13H,2,12,14H2,1H3,(H,22,24). The Kier molecular flexibility index (Phi) is 7.19. The summed E-state index contributed by atoms with van der Waals surface area (Å²) in [6.07, 6.45) is -0.618. The number of alkyl carbamates (subject to hydrolysis) is 1. The molecule has 2 rings (SSSR count). The molecule has 0 aliphatic heterocycles. The summed E-state index contributed by atoms with van der Waals surface area (Å²) in [5.74, 6) is 4.23. The van der Waals surface area contributed by atoms with E-state index in [9.17, 15) is 14.0 Å². The summed E-state index contributed by atoms with van der Waals surface area (Å²) in [6, 6.07) is 12.9. The van der Waals surface area contributed by atoms with E-state index >= 15 is 0 Å². The number of amides is 1. The van der Waals surface area contributed by atoms with Crippen molar-refractivity contribution in [3.8, 4) is 11.8 Å². The topological polar surface area (TPSA) is 64.6 Å². The normalized spacial score (nSPS) is 9.62. The predicted molar refractivity (Wildman–Crippen MR) is 93.9 cm³/mol. The van der Waals surface area contributed by atoms with E-state index in [1.165, 1.54) is 6.07 Å². The fourth-order valence-electron chi connectivity index (χ4n) is 2.04. The second kappa shape index (κ2) is 9.84. The van der Waals surface area contributed by atoms with E-state index in [0.717, 1.165) is 17.7 Å². The molecule has 5 nitrogen and oxygen atoms in total. The quantitative estimate of drug-likeness (QED) is 0.660. The molecule has 0 saturated carbocycles. The largest absolute Gasteiger partial charge is 0.462 e. The molecule has 6 heteroatoms. The molecule has 0 radical (unpaired) electrons. The highest BCUT2D eigenvalue weighted by Crippen LogP contribution is 2.11. The van der Waals surface area contributed by atoms with Gasteiger partial charge in [0.2, 0.25) is 0 Å². The number of esters is 1. The summed E-state index contributed by atoms with van der Waals surface area (Å²) in [5.41, 5.74) is 1.24. The minimum atomic E-state index is -0.618. The van der Waals surface area contributed by atoms with Gasteiger partial charge in [0.05, 0.1) is 18.7 Å². The smallest absolute Gasteiger partial charge is 0.408 e. The van der Waals surface area contributed by atoms with Crippen molar-refractivity contribution in [3.63, 3.8) is 0 Å². The first-order chi connectivity index (χ1) is 12.6. The third kappa shape index (κ3) is 5.95. The van der Waals surface area contributed by atoms with Gasteiger partial charge in [-0.25, -0.2) is 14.0 Å². The van der Waals surface area contributed by atoms with Gasteiger partial charge < -0.3 is 14.8 Å². The van der Waals surface area contributed by atoms with Crippen molar-refractivity contribution in [3.05, 3.63) is 71.0 Å². The number of hydrogen-bond acceptors (Lipinski definition) is 4.